The van der Waals surface area contributed by atoms with Crippen LogP contribution in [0.1, 0.15) is 18.5 Å². The fourth-order valence-corrected chi connectivity index (χ4v) is 2.36. The summed E-state index contributed by atoms with van der Waals surface area (Å²) in [5, 5.41) is 6.14. The van der Waals surface area contributed by atoms with Gasteiger partial charge >= 0.3 is 0 Å². The molecule has 2 aromatic rings. The fraction of sp³-hybridized carbons (Fsp3) is 0.300. The molecule has 0 aromatic heterocycles. The van der Waals surface area contributed by atoms with Gasteiger partial charge in [0.15, 0.2) is 0 Å². The Hall–Kier alpha value is -2.08. The van der Waals surface area contributed by atoms with Crippen LogP contribution in [-0.2, 0) is 0 Å². The molecule has 0 saturated carbocycles. The smallest absolute Gasteiger partial charge is 0.0600 e. The normalized spacial score (nSPS) is 12.5. The molecule has 2 nitrogen and oxygen atoms in total. The van der Waals surface area contributed by atoms with Gasteiger partial charge in [-0.2, -0.15) is 0 Å². The molecule has 0 heterocycles. The zero-order valence-corrected chi connectivity index (χ0v) is 13.6. The first-order valence-electron chi connectivity index (χ1n) is 7.67. The van der Waals surface area contributed by atoms with Gasteiger partial charge in [-0.15, -0.1) is 0 Å². The van der Waals surface area contributed by atoms with Crippen molar-refractivity contribution in [2.45, 2.75) is 13.0 Å². The lowest BCUT2D eigenvalue weighted by atomic mass is 10.00. The summed E-state index contributed by atoms with van der Waals surface area (Å²) >= 11 is 0. The Kier molecular flexibility index (Phi) is 6.21. The van der Waals surface area contributed by atoms with Crippen LogP contribution in [0.15, 0.2) is 54.6 Å². The van der Waals surface area contributed by atoms with E-state index >= 15 is 0 Å². The Bertz CT molecular complexity index is 684. The van der Waals surface area contributed by atoms with Gasteiger partial charge in [0, 0.05) is 12.6 Å². The molecule has 0 aliphatic carbocycles. The van der Waals surface area contributed by atoms with Crippen molar-refractivity contribution in [1.82, 2.24) is 10.2 Å². The molecule has 114 valence electrons. The number of fused-ring (bicyclic) bond motifs is 1. The first kappa shape index (κ1) is 16.3. The number of allylic oxidation sites excluding steroid dienone is 1. The molecule has 1 N–H and O–H groups in total. The van der Waals surface area contributed by atoms with Crippen molar-refractivity contribution < 1.29 is 0 Å². The van der Waals surface area contributed by atoms with E-state index in [4.69, 9.17) is 0 Å². The average molecular weight is 292 g/mol. The van der Waals surface area contributed by atoms with Crippen LogP contribution in [0.3, 0.4) is 0 Å². The summed E-state index contributed by atoms with van der Waals surface area (Å²) in [6.45, 7) is 3.82. The minimum Gasteiger partial charge on any atom is -0.307 e. The number of nitrogens with one attached hydrogen (secondary N) is 1. The quantitative estimate of drug-likeness (QED) is 0.847. The second-order valence-electron chi connectivity index (χ2n) is 5.66. The summed E-state index contributed by atoms with van der Waals surface area (Å²) in [5.41, 5.74) is 1.34. The lowest BCUT2D eigenvalue weighted by molar-refractivity contribution is 0.464. The zero-order chi connectivity index (χ0) is 15.8. The third-order valence-electron chi connectivity index (χ3n) is 3.53. The van der Waals surface area contributed by atoms with Crippen LogP contribution < -0.4 is 5.32 Å². The highest BCUT2D eigenvalue weighted by Gasteiger charge is 2.07. The largest absolute Gasteiger partial charge is 0.307 e. The zero-order valence-electron chi connectivity index (χ0n) is 13.6. The van der Waals surface area contributed by atoms with Crippen molar-refractivity contribution in [3.8, 4) is 11.8 Å². The predicted molar refractivity (Wildman–Crippen MR) is 95.8 cm³/mol. The van der Waals surface area contributed by atoms with E-state index in [9.17, 15) is 0 Å². The van der Waals surface area contributed by atoms with Gasteiger partial charge in [0.2, 0.25) is 0 Å². The summed E-state index contributed by atoms with van der Waals surface area (Å²) in [5.74, 6) is 6.14. The standard InChI is InChI=1S/C20H24N2/c1-17(21-15-8-4-5-9-16-22(2)3)19-14-10-12-18-11-6-7-13-20(18)19/h4,6-8,10-14,17,21H,15-16H2,1-3H3/t17-/m1/s1. The van der Waals surface area contributed by atoms with Crippen LogP contribution in [0.2, 0.25) is 0 Å². The number of hydrogen-bond acceptors (Lipinski definition) is 2. The predicted octanol–water partition coefficient (Wildman–Crippen LogP) is 3.61. The number of rotatable bonds is 5. The van der Waals surface area contributed by atoms with E-state index in [0.29, 0.717) is 6.04 Å². The molecule has 2 aromatic carbocycles. The van der Waals surface area contributed by atoms with E-state index in [1.807, 2.05) is 20.2 Å². The second-order valence-corrected chi connectivity index (χ2v) is 5.66. The van der Waals surface area contributed by atoms with E-state index < -0.39 is 0 Å². The summed E-state index contributed by atoms with van der Waals surface area (Å²) in [7, 11) is 4.04. The first-order chi connectivity index (χ1) is 10.7. The number of benzene rings is 2. The van der Waals surface area contributed by atoms with Crippen molar-refractivity contribution >= 4 is 10.8 Å². The Morgan fingerprint density at radius 2 is 1.91 bits per heavy atom. The van der Waals surface area contributed by atoms with Crippen molar-refractivity contribution in [2.75, 3.05) is 27.2 Å². The summed E-state index contributed by atoms with van der Waals surface area (Å²) in [4.78, 5) is 2.06. The van der Waals surface area contributed by atoms with E-state index in [0.717, 1.165) is 13.1 Å². The molecular weight excluding hydrogens is 268 g/mol. The van der Waals surface area contributed by atoms with Crippen molar-refractivity contribution in [1.29, 1.82) is 0 Å². The average Bonchev–Trinajstić information content (AvgIpc) is 2.53. The molecule has 22 heavy (non-hydrogen) atoms. The molecule has 0 unspecified atom stereocenters. The highest BCUT2D eigenvalue weighted by Crippen LogP contribution is 2.23. The van der Waals surface area contributed by atoms with Gasteiger partial charge < -0.3 is 5.32 Å². The van der Waals surface area contributed by atoms with Crippen molar-refractivity contribution in [2.24, 2.45) is 0 Å². The summed E-state index contributed by atoms with van der Waals surface area (Å²) in [6.07, 6.45) is 4.00. The molecule has 0 amide bonds. The molecule has 0 bridgehead atoms. The molecular formula is C20H24N2. The Morgan fingerprint density at radius 3 is 2.73 bits per heavy atom. The van der Waals surface area contributed by atoms with Crippen LogP contribution in [0, 0.1) is 11.8 Å². The third kappa shape index (κ3) is 4.73. The van der Waals surface area contributed by atoms with Crippen molar-refractivity contribution in [3.05, 3.63) is 60.2 Å². The molecule has 1 atom stereocenters. The van der Waals surface area contributed by atoms with Crippen LogP contribution in [0.4, 0.5) is 0 Å². The van der Waals surface area contributed by atoms with Gasteiger partial charge in [-0.3, -0.25) is 4.90 Å². The van der Waals surface area contributed by atoms with Crippen molar-refractivity contribution in [3.63, 3.8) is 0 Å². The maximum absolute atomic E-state index is 3.53. The topological polar surface area (TPSA) is 15.3 Å². The van der Waals surface area contributed by atoms with E-state index in [1.54, 1.807) is 0 Å². The van der Waals surface area contributed by atoms with E-state index in [1.165, 1.54) is 16.3 Å². The Balaban J connectivity index is 1.93. The molecule has 2 rings (SSSR count). The van der Waals surface area contributed by atoms with Gasteiger partial charge in [-0.05, 0) is 43.4 Å². The van der Waals surface area contributed by atoms with Gasteiger partial charge in [-0.25, -0.2) is 0 Å². The Morgan fingerprint density at radius 1 is 1.14 bits per heavy atom. The van der Waals surface area contributed by atoms with Crippen LogP contribution in [-0.4, -0.2) is 32.1 Å². The third-order valence-corrected chi connectivity index (χ3v) is 3.53. The van der Waals surface area contributed by atoms with Crippen LogP contribution in [0.5, 0.6) is 0 Å². The highest BCUT2D eigenvalue weighted by atomic mass is 15.0. The highest BCUT2D eigenvalue weighted by molar-refractivity contribution is 5.86. The maximum atomic E-state index is 3.53. The van der Waals surface area contributed by atoms with E-state index in [-0.39, 0.29) is 0 Å². The lowest BCUT2D eigenvalue weighted by Gasteiger charge is -2.15. The SMILES string of the molecule is C[C@@H](NCC=CC#CCN(C)C)c1cccc2ccccc12. The molecule has 0 aliphatic heterocycles. The molecule has 2 heteroatoms. The lowest BCUT2D eigenvalue weighted by Crippen LogP contribution is -2.18. The van der Waals surface area contributed by atoms with Gasteiger partial charge in [0.05, 0.1) is 6.54 Å². The minimum absolute atomic E-state index is 0.311. The first-order valence-corrected chi connectivity index (χ1v) is 7.67. The molecule has 0 saturated heterocycles. The van der Waals surface area contributed by atoms with E-state index in [2.05, 4.69) is 77.5 Å². The van der Waals surface area contributed by atoms with Gasteiger partial charge in [-0.1, -0.05) is 60.4 Å². The second kappa shape index (κ2) is 8.38. The number of hydrogen-bond donors (Lipinski definition) is 1. The monoisotopic (exact) mass is 292 g/mol. The molecule has 0 radical (unpaired) electrons. The Labute approximate surface area is 133 Å². The molecule has 0 spiro atoms. The van der Waals surface area contributed by atoms with Crippen LogP contribution in [0.25, 0.3) is 10.8 Å². The fourth-order valence-electron chi connectivity index (χ4n) is 2.36. The van der Waals surface area contributed by atoms with Gasteiger partial charge in [0.25, 0.3) is 0 Å². The maximum Gasteiger partial charge on any atom is 0.0600 e. The molecule has 0 aliphatic rings. The number of nitrogens with zero attached hydrogens (tertiary/aromatic N) is 1. The minimum atomic E-state index is 0.311. The summed E-state index contributed by atoms with van der Waals surface area (Å²) in [6, 6.07) is 15.3. The van der Waals surface area contributed by atoms with Crippen LogP contribution >= 0.6 is 0 Å². The van der Waals surface area contributed by atoms with Gasteiger partial charge in [0.1, 0.15) is 0 Å². The summed E-state index contributed by atoms with van der Waals surface area (Å²) < 4.78 is 0. The molecule has 0 fully saturated rings.